The van der Waals surface area contributed by atoms with Crippen molar-refractivity contribution in [2.75, 3.05) is 0 Å². The van der Waals surface area contributed by atoms with E-state index in [0.29, 0.717) is 0 Å². The Hall–Kier alpha value is -0.580. The highest BCUT2D eigenvalue weighted by Crippen LogP contribution is 2.30. The summed E-state index contributed by atoms with van der Waals surface area (Å²) in [5.41, 5.74) is -1.50. The Morgan fingerprint density at radius 1 is 1.42 bits per heavy atom. The zero-order valence-electron chi connectivity index (χ0n) is 6.62. The molecule has 1 N–H and O–H groups in total. The topological polar surface area (TPSA) is 12.0 Å². The van der Waals surface area contributed by atoms with Crippen LogP contribution in [0.1, 0.15) is 13.8 Å². The van der Waals surface area contributed by atoms with Gasteiger partial charge in [-0.3, -0.25) is 0 Å². The molecule has 0 spiro atoms. The molecule has 0 atom stereocenters. The Labute approximate surface area is 73.6 Å². The zero-order valence-corrected chi connectivity index (χ0v) is 7.44. The summed E-state index contributed by atoms with van der Waals surface area (Å²) in [7, 11) is 0. The molecule has 0 aromatic heterocycles. The number of thiocarbonyl (C=S) groups is 1. The lowest BCUT2D eigenvalue weighted by molar-refractivity contribution is -0.0970. The number of alkyl halides is 3. The molecule has 0 radical (unpaired) electrons. The Morgan fingerprint density at radius 3 is 2.08 bits per heavy atom. The molecule has 0 aromatic rings. The van der Waals surface area contributed by atoms with Gasteiger partial charge in [-0.1, -0.05) is 12.2 Å². The standard InChI is InChI=1S/C7H8F3NS/c1-6(2)5(12)3-4(11-6)7(8,9)10/h3,11H,1-2H3. The third-order valence-corrected chi connectivity index (χ3v) is 2.27. The Bertz CT molecular complexity index is 252. The largest absolute Gasteiger partial charge is 0.430 e. The van der Waals surface area contributed by atoms with Crippen molar-refractivity contribution in [3.63, 3.8) is 0 Å². The molecule has 0 unspecified atom stereocenters. The number of rotatable bonds is 0. The van der Waals surface area contributed by atoms with Crippen molar-refractivity contribution in [3.8, 4) is 0 Å². The fraction of sp³-hybridized carbons (Fsp3) is 0.571. The molecule has 1 heterocycles. The van der Waals surface area contributed by atoms with E-state index in [9.17, 15) is 13.2 Å². The molecule has 0 aromatic carbocycles. The normalized spacial score (nSPS) is 22.1. The quantitative estimate of drug-likeness (QED) is 0.594. The average Bonchev–Trinajstić information content (AvgIpc) is 2.06. The molecule has 0 fully saturated rings. The predicted molar refractivity (Wildman–Crippen MR) is 44.0 cm³/mol. The lowest BCUT2D eigenvalue weighted by atomic mass is 10.0. The zero-order chi connectivity index (χ0) is 9.57. The minimum absolute atomic E-state index is 0.287. The van der Waals surface area contributed by atoms with Crippen molar-refractivity contribution in [2.24, 2.45) is 0 Å². The maximum Gasteiger partial charge on any atom is 0.430 e. The molecule has 0 aliphatic carbocycles. The molecule has 1 aliphatic heterocycles. The molecular formula is C7H8F3NS. The van der Waals surface area contributed by atoms with Crippen molar-refractivity contribution in [1.29, 1.82) is 0 Å². The molecule has 0 bridgehead atoms. The third-order valence-electron chi connectivity index (χ3n) is 1.64. The number of halogens is 3. The first-order valence-corrected chi connectivity index (χ1v) is 3.76. The lowest BCUT2D eigenvalue weighted by Gasteiger charge is -2.21. The van der Waals surface area contributed by atoms with Gasteiger partial charge in [0.2, 0.25) is 0 Å². The SMILES string of the molecule is CC1(C)NC(C(F)(F)F)=CC1=S. The second-order valence-corrected chi connectivity index (χ2v) is 3.61. The van der Waals surface area contributed by atoms with Crippen LogP contribution in [0.25, 0.3) is 0 Å². The van der Waals surface area contributed by atoms with Gasteiger partial charge in [0.25, 0.3) is 0 Å². The Morgan fingerprint density at radius 2 is 1.92 bits per heavy atom. The van der Waals surface area contributed by atoms with Crippen molar-refractivity contribution < 1.29 is 13.2 Å². The van der Waals surface area contributed by atoms with E-state index >= 15 is 0 Å². The van der Waals surface area contributed by atoms with E-state index in [-0.39, 0.29) is 4.86 Å². The summed E-state index contributed by atoms with van der Waals surface area (Å²) in [6, 6.07) is 0. The first-order valence-electron chi connectivity index (χ1n) is 3.35. The smallest absolute Gasteiger partial charge is 0.371 e. The van der Waals surface area contributed by atoms with Crippen LogP contribution in [0.2, 0.25) is 0 Å². The van der Waals surface area contributed by atoms with E-state index in [1.807, 2.05) is 0 Å². The summed E-state index contributed by atoms with van der Waals surface area (Å²) in [4.78, 5) is 0.287. The van der Waals surface area contributed by atoms with Crippen LogP contribution in [0.4, 0.5) is 13.2 Å². The number of allylic oxidation sites excluding steroid dienone is 1. The fourth-order valence-electron chi connectivity index (χ4n) is 0.899. The summed E-state index contributed by atoms with van der Waals surface area (Å²) in [5, 5.41) is 2.31. The van der Waals surface area contributed by atoms with Gasteiger partial charge >= 0.3 is 6.18 Å². The van der Waals surface area contributed by atoms with E-state index in [0.717, 1.165) is 6.08 Å². The third kappa shape index (κ3) is 1.60. The van der Waals surface area contributed by atoms with Crippen LogP contribution in [0, 0.1) is 0 Å². The maximum atomic E-state index is 12.1. The van der Waals surface area contributed by atoms with Crippen LogP contribution in [0.3, 0.4) is 0 Å². The molecule has 0 saturated carbocycles. The minimum Gasteiger partial charge on any atom is -0.371 e. The average molecular weight is 195 g/mol. The van der Waals surface area contributed by atoms with E-state index in [1.165, 1.54) is 0 Å². The minimum atomic E-state index is -4.32. The molecular weight excluding hydrogens is 187 g/mol. The fourth-order valence-corrected chi connectivity index (χ4v) is 1.07. The van der Waals surface area contributed by atoms with E-state index < -0.39 is 17.4 Å². The summed E-state index contributed by atoms with van der Waals surface area (Å²) >= 11 is 4.76. The van der Waals surface area contributed by atoms with Gasteiger partial charge in [0.1, 0.15) is 5.70 Å². The number of nitrogens with one attached hydrogen (secondary N) is 1. The van der Waals surface area contributed by atoms with Crippen LogP contribution < -0.4 is 5.32 Å². The molecule has 1 rings (SSSR count). The second-order valence-electron chi connectivity index (χ2n) is 3.17. The van der Waals surface area contributed by atoms with Crippen LogP contribution in [0.15, 0.2) is 11.8 Å². The first-order chi connectivity index (χ1) is 5.23. The van der Waals surface area contributed by atoms with Crippen molar-refractivity contribution in [1.82, 2.24) is 5.32 Å². The van der Waals surface area contributed by atoms with Gasteiger partial charge in [0.05, 0.1) is 5.54 Å². The van der Waals surface area contributed by atoms with Gasteiger partial charge in [0, 0.05) is 4.86 Å². The van der Waals surface area contributed by atoms with Crippen LogP contribution >= 0.6 is 12.2 Å². The van der Waals surface area contributed by atoms with Crippen LogP contribution in [-0.4, -0.2) is 16.6 Å². The highest BCUT2D eigenvalue weighted by Gasteiger charge is 2.42. The highest BCUT2D eigenvalue weighted by molar-refractivity contribution is 7.81. The molecule has 1 aliphatic rings. The Balaban J connectivity index is 2.90. The predicted octanol–water partition coefficient (Wildman–Crippen LogP) is 2.18. The summed E-state index contributed by atoms with van der Waals surface area (Å²) in [5.74, 6) is 0. The van der Waals surface area contributed by atoms with Crippen LogP contribution in [0.5, 0.6) is 0 Å². The summed E-state index contributed by atoms with van der Waals surface area (Å²) in [6.45, 7) is 3.23. The highest BCUT2D eigenvalue weighted by atomic mass is 32.1. The number of hydrogen-bond acceptors (Lipinski definition) is 2. The van der Waals surface area contributed by atoms with E-state index in [4.69, 9.17) is 12.2 Å². The van der Waals surface area contributed by atoms with Gasteiger partial charge in [-0.05, 0) is 19.9 Å². The monoisotopic (exact) mass is 195 g/mol. The van der Waals surface area contributed by atoms with E-state index in [1.54, 1.807) is 13.8 Å². The molecule has 1 nitrogen and oxygen atoms in total. The summed E-state index contributed by atoms with van der Waals surface area (Å²) in [6.07, 6.45) is -3.35. The van der Waals surface area contributed by atoms with E-state index in [2.05, 4.69) is 5.32 Å². The molecule has 0 saturated heterocycles. The second kappa shape index (κ2) is 2.45. The van der Waals surface area contributed by atoms with Gasteiger partial charge in [-0.25, -0.2) is 0 Å². The van der Waals surface area contributed by atoms with Gasteiger partial charge in [-0.2, -0.15) is 13.2 Å². The molecule has 68 valence electrons. The first kappa shape index (κ1) is 9.51. The van der Waals surface area contributed by atoms with Crippen LogP contribution in [-0.2, 0) is 0 Å². The molecule has 5 heteroatoms. The van der Waals surface area contributed by atoms with Gasteiger partial charge in [0.15, 0.2) is 0 Å². The van der Waals surface area contributed by atoms with Gasteiger partial charge in [-0.15, -0.1) is 0 Å². The Kier molecular flexibility index (Phi) is 1.94. The molecule has 0 amide bonds. The summed E-state index contributed by atoms with van der Waals surface area (Å²) < 4.78 is 36.3. The van der Waals surface area contributed by atoms with Gasteiger partial charge < -0.3 is 5.32 Å². The van der Waals surface area contributed by atoms with Crippen molar-refractivity contribution in [2.45, 2.75) is 25.6 Å². The number of hydrogen-bond donors (Lipinski definition) is 1. The molecule has 12 heavy (non-hydrogen) atoms. The van der Waals surface area contributed by atoms with Crippen molar-refractivity contribution in [3.05, 3.63) is 11.8 Å². The van der Waals surface area contributed by atoms with Crippen molar-refractivity contribution >= 4 is 17.1 Å². The lowest BCUT2D eigenvalue weighted by Crippen LogP contribution is -2.41. The maximum absolute atomic E-state index is 12.1.